The summed E-state index contributed by atoms with van der Waals surface area (Å²) in [4.78, 5) is -0.343. The molecule has 0 aromatic heterocycles. The number of hydrogen-bond acceptors (Lipinski definition) is 5. The predicted octanol–water partition coefficient (Wildman–Crippen LogP) is 2.90. The highest BCUT2D eigenvalue weighted by molar-refractivity contribution is 7.92. The first-order valence-corrected chi connectivity index (χ1v) is 8.51. The fourth-order valence-electron chi connectivity index (χ4n) is 1.88. The van der Waals surface area contributed by atoms with Crippen molar-refractivity contribution in [1.29, 1.82) is 0 Å². The normalized spacial score (nSPS) is 11.9. The first kappa shape index (κ1) is 19.8. The number of sulfonamides is 1. The standard InChI is InChI=1S/C15H13F4NO5S/c16-10-1-6-13(14(9-10)24-8-7-21)20-26(22,23)12-4-2-11(3-5-12)25-15(17,18)19/h1-6,9,20-21H,7-8H2. The van der Waals surface area contributed by atoms with E-state index in [1.165, 1.54) is 0 Å². The SMILES string of the molecule is O=S(=O)(Nc1ccc(F)cc1OCCO)c1ccc(OC(F)(F)F)cc1. The predicted molar refractivity (Wildman–Crippen MR) is 82.9 cm³/mol. The maximum atomic E-state index is 13.3. The van der Waals surface area contributed by atoms with Gasteiger partial charge in [-0.25, -0.2) is 12.8 Å². The Labute approximate surface area is 146 Å². The number of benzene rings is 2. The van der Waals surface area contributed by atoms with Gasteiger partial charge in [-0.15, -0.1) is 13.2 Å². The minimum Gasteiger partial charge on any atom is -0.489 e. The molecule has 2 N–H and O–H groups in total. The topological polar surface area (TPSA) is 84.9 Å². The van der Waals surface area contributed by atoms with Crippen LogP contribution in [0.1, 0.15) is 0 Å². The van der Waals surface area contributed by atoms with E-state index >= 15 is 0 Å². The molecule has 0 aliphatic carbocycles. The number of anilines is 1. The molecule has 0 aliphatic rings. The van der Waals surface area contributed by atoms with Crippen LogP contribution in [-0.2, 0) is 10.0 Å². The minimum absolute atomic E-state index is 0.101. The smallest absolute Gasteiger partial charge is 0.489 e. The van der Waals surface area contributed by atoms with Crippen LogP contribution >= 0.6 is 0 Å². The fraction of sp³-hybridized carbons (Fsp3) is 0.200. The van der Waals surface area contributed by atoms with Crippen molar-refractivity contribution in [3.63, 3.8) is 0 Å². The molecule has 0 atom stereocenters. The van der Waals surface area contributed by atoms with Crippen molar-refractivity contribution in [2.45, 2.75) is 11.3 Å². The van der Waals surface area contributed by atoms with Crippen LogP contribution in [0.2, 0.25) is 0 Å². The molecule has 0 unspecified atom stereocenters. The Balaban J connectivity index is 2.23. The molecule has 2 aromatic carbocycles. The lowest BCUT2D eigenvalue weighted by atomic mass is 10.3. The number of aliphatic hydroxyl groups excluding tert-OH is 1. The zero-order valence-corrected chi connectivity index (χ0v) is 13.8. The Morgan fingerprint density at radius 1 is 1.08 bits per heavy atom. The quantitative estimate of drug-likeness (QED) is 0.705. The Kier molecular flexibility index (Phi) is 5.93. The molecular weight excluding hydrogens is 382 g/mol. The average Bonchev–Trinajstić information content (AvgIpc) is 2.54. The Bertz CT molecular complexity index is 853. The van der Waals surface area contributed by atoms with E-state index in [4.69, 9.17) is 9.84 Å². The third kappa shape index (κ3) is 5.49. The largest absolute Gasteiger partial charge is 0.573 e. The number of rotatable bonds is 7. The van der Waals surface area contributed by atoms with Crippen molar-refractivity contribution in [3.8, 4) is 11.5 Å². The molecule has 6 nitrogen and oxygen atoms in total. The Morgan fingerprint density at radius 3 is 2.31 bits per heavy atom. The van der Waals surface area contributed by atoms with Gasteiger partial charge in [0.25, 0.3) is 10.0 Å². The lowest BCUT2D eigenvalue weighted by Gasteiger charge is -2.14. The highest BCUT2D eigenvalue weighted by atomic mass is 32.2. The summed E-state index contributed by atoms with van der Waals surface area (Å²) < 4.78 is 85.2. The molecule has 0 bridgehead atoms. The van der Waals surface area contributed by atoms with Gasteiger partial charge in [0.05, 0.1) is 17.2 Å². The van der Waals surface area contributed by atoms with Crippen molar-refractivity contribution in [2.75, 3.05) is 17.9 Å². The van der Waals surface area contributed by atoms with Crippen LogP contribution in [0.15, 0.2) is 47.4 Å². The zero-order valence-electron chi connectivity index (χ0n) is 13.0. The third-order valence-electron chi connectivity index (χ3n) is 2.90. The summed E-state index contributed by atoms with van der Waals surface area (Å²) in [5, 5.41) is 8.76. The molecule has 0 heterocycles. The van der Waals surface area contributed by atoms with Gasteiger partial charge >= 0.3 is 6.36 Å². The van der Waals surface area contributed by atoms with Crippen molar-refractivity contribution in [2.24, 2.45) is 0 Å². The fourth-order valence-corrected chi connectivity index (χ4v) is 2.95. The minimum atomic E-state index is -4.90. The monoisotopic (exact) mass is 395 g/mol. The molecule has 2 aromatic rings. The molecule has 0 amide bonds. The van der Waals surface area contributed by atoms with Gasteiger partial charge in [-0.05, 0) is 36.4 Å². The van der Waals surface area contributed by atoms with Gasteiger partial charge in [0.2, 0.25) is 0 Å². The van der Waals surface area contributed by atoms with Gasteiger partial charge in [-0.3, -0.25) is 4.72 Å². The molecule has 142 valence electrons. The van der Waals surface area contributed by atoms with Crippen molar-refractivity contribution < 1.29 is 40.6 Å². The van der Waals surface area contributed by atoms with E-state index < -0.39 is 28.0 Å². The van der Waals surface area contributed by atoms with Crippen LogP contribution in [-0.4, -0.2) is 33.1 Å². The van der Waals surface area contributed by atoms with Crippen molar-refractivity contribution >= 4 is 15.7 Å². The third-order valence-corrected chi connectivity index (χ3v) is 4.29. The van der Waals surface area contributed by atoms with Gasteiger partial charge in [-0.1, -0.05) is 0 Å². The number of hydrogen-bond donors (Lipinski definition) is 2. The molecule has 0 saturated heterocycles. The molecule has 0 spiro atoms. The number of alkyl halides is 3. The molecule has 11 heteroatoms. The Morgan fingerprint density at radius 2 is 1.73 bits per heavy atom. The van der Waals surface area contributed by atoms with E-state index in [0.717, 1.165) is 42.5 Å². The van der Waals surface area contributed by atoms with Gasteiger partial charge in [0, 0.05) is 6.07 Å². The van der Waals surface area contributed by atoms with Crippen LogP contribution < -0.4 is 14.2 Å². The van der Waals surface area contributed by atoms with E-state index in [1.54, 1.807) is 0 Å². The second-order valence-electron chi connectivity index (χ2n) is 4.84. The zero-order chi connectivity index (χ0) is 19.4. The molecule has 26 heavy (non-hydrogen) atoms. The van der Waals surface area contributed by atoms with E-state index in [2.05, 4.69) is 9.46 Å². The summed E-state index contributed by atoms with van der Waals surface area (Å²) in [6, 6.07) is 6.55. The second kappa shape index (κ2) is 7.79. The first-order valence-electron chi connectivity index (χ1n) is 7.02. The molecule has 0 saturated carbocycles. The van der Waals surface area contributed by atoms with Gasteiger partial charge < -0.3 is 14.6 Å². The number of nitrogens with one attached hydrogen (secondary N) is 1. The van der Waals surface area contributed by atoms with Crippen molar-refractivity contribution in [3.05, 3.63) is 48.3 Å². The lowest BCUT2D eigenvalue weighted by Crippen LogP contribution is -2.17. The second-order valence-corrected chi connectivity index (χ2v) is 6.52. The van der Waals surface area contributed by atoms with E-state index in [-0.39, 0.29) is 29.5 Å². The summed E-state index contributed by atoms with van der Waals surface area (Å²) in [6.07, 6.45) is -4.90. The van der Waals surface area contributed by atoms with Gasteiger partial charge in [-0.2, -0.15) is 0 Å². The number of aliphatic hydroxyl groups is 1. The van der Waals surface area contributed by atoms with Gasteiger partial charge in [0.1, 0.15) is 23.9 Å². The molecule has 0 fully saturated rings. The summed E-state index contributed by atoms with van der Waals surface area (Å²) in [5.74, 6) is -1.42. The van der Waals surface area contributed by atoms with E-state index in [1.807, 2.05) is 0 Å². The highest BCUT2D eigenvalue weighted by Gasteiger charge is 2.31. The van der Waals surface area contributed by atoms with Crippen LogP contribution in [0, 0.1) is 5.82 Å². The van der Waals surface area contributed by atoms with Crippen LogP contribution in [0.4, 0.5) is 23.2 Å². The molecule has 2 rings (SSSR count). The van der Waals surface area contributed by atoms with E-state index in [9.17, 15) is 26.0 Å². The Hall–Kier alpha value is -2.53. The highest BCUT2D eigenvalue weighted by Crippen LogP contribution is 2.29. The van der Waals surface area contributed by atoms with Gasteiger partial charge in [0.15, 0.2) is 0 Å². The maximum Gasteiger partial charge on any atom is 0.573 e. The summed E-state index contributed by atoms with van der Waals surface area (Å²) in [7, 11) is -4.19. The maximum absolute atomic E-state index is 13.3. The summed E-state index contributed by atoms with van der Waals surface area (Å²) in [6.45, 7) is -0.564. The number of halogens is 4. The molecular formula is C15H13F4NO5S. The summed E-state index contributed by atoms with van der Waals surface area (Å²) in [5.41, 5.74) is -0.101. The summed E-state index contributed by atoms with van der Waals surface area (Å²) >= 11 is 0. The van der Waals surface area contributed by atoms with Crippen molar-refractivity contribution in [1.82, 2.24) is 0 Å². The first-order chi connectivity index (χ1) is 12.1. The van der Waals surface area contributed by atoms with Crippen LogP contribution in [0.5, 0.6) is 11.5 Å². The molecule has 0 aliphatic heterocycles. The number of ether oxygens (including phenoxy) is 2. The molecule has 0 radical (unpaired) electrons. The van der Waals surface area contributed by atoms with Crippen LogP contribution in [0.3, 0.4) is 0 Å². The van der Waals surface area contributed by atoms with E-state index in [0.29, 0.717) is 0 Å². The van der Waals surface area contributed by atoms with Crippen LogP contribution in [0.25, 0.3) is 0 Å². The lowest BCUT2D eigenvalue weighted by molar-refractivity contribution is -0.274. The average molecular weight is 395 g/mol.